The smallest absolute Gasteiger partial charge is 0.244 e. The first-order valence-electron chi connectivity index (χ1n) is 12.2. The van der Waals surface area contributed by atoms with Crippen LogP contribution in [0.4, 0.5) is 0 Å². The van der Waals surface area contributed by atoms with Crippen LogP contribution in [-0.2, 0) is 22.7 Å². The number of aliphatic hydroxyl groups is 1. The van der Waals surface area contributed by atoms with Gasteiger partial charge in [0.1, 0.15) is 18.1 Å². The van der Waals surface area contributed by atoms with Gasteiger partial charge in [-0.05, 0) is 42.0 Å². The number of pyridine rings is 1. The molecule has 2 amide bonds. The van der Waals surface area contributed by atoms with Gasteiger partial charge in [0, 0.05) is 49.7 Å². The molecule has 4 heterocycles. The van der Waals surface area contributed by atoms with Crippen molar-refractivity contribution in [3.63, 3.8) is 0 Å². The van der Waals surface area contributed by atoms with Crippen LogP contribution in [0.1, 0.15) is 42.3 Å². The zero-order valence-corrected chi connectivity index (χ0v) is 19.4. The number of nitrogens with zero attached hydrogens (tertiary/aromatic N) is 3. The molecular weight excluding hydrogens is 444 g/mol. The van der Waals surface area contributed by atoms with Crippen molar-refractivity contribution in [1.29, 1.82) is 0 Å². The maximum atomic E-state index is 12.3. The fraction of sp³-hybridized carbons (Fsp3) is 0.370. The number of amides is 2. The Labute approximate surface area is 203 Å². The van der Waals surface area contributed by atoms with Crippen molar-refractivity contribution < 1.29 is 19.4 Å². The molecule has 1 aromatic heterocycles. The third-order valence-corrected chi connectivity index (χ3v) is 7.28. The molecule has 2 saturated heterocycles. The van der Waals surface area contributed by atoms with Crippen LogP contribution in [-0.4, -0.2) is 56.9 Å². The van der Waals surface area contributed by atoms with Gasteiger partial charge in [0.2, 0.25) is 11.8 Å². The number of likely N-dealkylation sites (tertiary alicyclic amines) is 1. The molecule has 2 N–H and O–H groups in total. The topological polar surface area (TPSA) is 95.0 Å². The van der Waals surface area contributed by atoms with Gasteiger partial charge in [0.15, 0.2) is 0 Å². The largest absolute Gasteiger partial charge is 0.489 e. The molecule has 3 aliphatic rings. The van der Waals surface area contributed by atoms with E-state index in [0.29, 0.717) is 13.0 Å². The number of imide groups is 1. The Morgan fingerprint density at radius 1 is 1.09 bits per heavy atom. The molecule has 0 spiro atoms. The van der Waals surface area contributed by atoms with E-state index < -0.39 is 12.3 Å². The van der Waals surface area contributed by atoms with Gasteiger partial charge in [-0.2, -0.15) is 0 Å². The maximum absolute atomic E-state index is 12.3. The molecule has 3 atom stereocenters. The summed E-state index contributed by atoms with van der Waals surface area (Å²) in [5, 5.41) is 15.5. The van der Waals surface area contributed by atoms with Crippen LogP contribution in [0.15, 0.2) is 54.7 Å². The molecule has 8 nitrogen and oxygen atoms in total. The average Bonchev–Trinajstić information content (AvgIpc) is 3.42. The van der Waals surface area contributed by atoms with Crippen LogP contribution in [0.2, 0.25) is 0 Å². The Hall–Kier alpha value is -3.33. The summed E-state index contributed by atoms with van der Waals surface area (Å²) in [7, 11) is 0. The van der Waals surface area contributed by atoms with Gasteiger partial charge >= 0.3 is 0 Å². The van der Waals surface area contributed by atoms with Crippen molar-refractivity contribution in [1.82, 2.24) is 20.1 Å². The molecule has 0 radical (unpaired) electrons. The first-order chi connectivity index (χ1) is 17.0. The lowest BCUT2D eigenvalue weighted by atomic mass is 10.0. The van der Waals surface area contributed by atoms with Gasteiger partial charge < -0.3 is 9.84 Å². The van der Waals surface area contributed by atoms with Crippen LogP contribution in [0.3, 0.4) is 0 Å². The molecule has 2 unspecified atom stereocenters. The van der Waals surface area contributed by atoms with Crippen LogP contribution in [0, 0.1) is 0 Å². The number of hydrogen-bond donors (Lipinski definition) is 2. The van der Waals surface area contributed by atoms with Crippen LogP contribution < -0.4 is 10.1 Å². The molecule has 0 bridgehead atoms. The van der Waals surface area contributed by atoms with Gasteiger partial charge in [-0.15, -0.1) is 0 Å². The fourth-order valence-electron chi connectivity index (χ4n) is 5.46. The van der Waals surface area contributed by atoms with E-state index in [2.05, 4.69) is 33.4 Å². The lowest BCUT2D eigenvalue weighted by molar-refractivity contribution is -0.141. The summed E-state index contributed by atoms with van der Waals surface area (Å²) in [6, 6.07) is 15.7. The van der Waals surface area contributed by atoms with Crippen molar-refractivity contribution in [2.24, 2.45) is 0 Å². The first kappa shape index (κ1) is 22.2. The van der Waals surface area contributed by atoms with Crippen LogP contribution >= 0.6 is 0 Å². The second-order valence-electron chi connectivity index (χ2n) is 9.66. The number of hydrogen-bond acceptors (Lipinski definition) is 7. The zero-order chi connectivity index (χ0) is 23.9. The van der Waals surface area contributed by atoms with Gasteiger partial charge in [-0.25, -0.2) is 0 Å². The number of rotatable bonds is 5. The molecule has 35 heavy (non-hydrogen) atoms. The average molecular weight is 473 g/mol. The Balaban J connectivity index is 1.08. The first-order valence-corrected chi connectivity index (χ1v) is 12.2. The summed E-state index contributed by atoms with van der Waals surface area (Å²) in [5.41, 5.74) is 2.80. The second kappa shape index (κ2) is 9.03. The van der Waals surface area contributed by atoms with Crippen LogP contribution in [0.5, 0.6) is 5.75 Å². The molecule has 3 aliphatic heterocycles. The number of carbonyl (C=O) groups is 2. The molecule has 8 heteroatoms. The number of ether oxygens (including phenoxy) is 1. The highest BCUT2D eigenvalue weighted by molar-refractivity contribution is 6.00. The van der Waals surface area contributed by atoms with Crippen molar-refractivity contribution >= 4 is 22.6 Å². The summed E-state index contributed by atoms with van der Waals surface area (Å²) >= 11 is 0. The molecule has 180 valence electrons. The zero-order valence-electron chi connectivity index (χ0n) is 19.4. The number of benzene rings is 2. The lowest BCUT2D eigenvalue weighted by Gasteiger charge is -2.31. The van der Waals surface area contributed by atoms with E-state index in [1.807, 2.05) is 36.5 Å². The Morgan fingerprint density at radius 2 is 1.94 bits per heavy atom. The number of fused-ring (bicyclic) bond motifs is 2. The predicted molar refractivity (Wildman–Crippen MR) is 129 cm³/mol. The van der Waals surface area contributed by atoms with E-state index in [1.165, 1.54) is 5.39 Å². The third-order valence-electron chi connectivity index (χ3n) is 7.28. The minimum absolute atomic E-state index is 0.0890. The van der Waals surface area contributed by atoms with Crippen molar-refractivity contribution in [2.45, 2.75) is 50.7 Å². The van der Waals surface area contributed by atoms with Crippen molar-refractivity contribution in [3.05, 3.63) is 71.5 Å². The highest BCUT2D eigenvalue weighted by Crippen LogP contribution is 2.37. The number of aliphatic hydroxyl groups excluding tert-OH is 1. The summed E-state index contributed by atoms with van der Waals surface area (Å²) < 4.78 is 6.30. The predicted octanol–water partition coefficient (Wildman–Crippen LogP) is 2.50. The maximum Gasteiger partial charge on any atom is 0.244 e. The van der Waals surface area contributed by atoms with Gasteiger partial charge in [-0.3, -0.25) is 29.7 Å². The van der Waals surface area contributed by atoms with E-state index >= 15 is 0 Å². The highest BCUT2D eigenvalue weighted by Gasteiger charge is 2.39. The minimum Gasteiger partial charge on any atom is -0.489 e. The van der Waals surface area contributed by atoms with Crippen LogP contribution in [0.25, 0.3) is 10.8 Å². The normalized spacial score (nSPS) is 25.1. The Morgan fingerprint density at radius 3 is 2.80 bits per heavy atom. The number of piperidine rings is 1. The molecule has 0 saturated carbocycles. The summed E-state index contributed by atoms with van der Waals surface area (Å²) in [6.07, 6.45) is 2.81. The fourth-order valence-corrected chi connectivity index (χ4v) is 5.46. The SMILES string of the molecule is O=C1CCC(N2Cc3cc(O[C@H]4CCN(Cc5cc6ccccc6cn5)C4)ccc3C2O)C(=O)N1. The summed E-state index contributed by atoms with van der Waals surface area (Å²) in [5.74, 6) is 0.184. The summed E-state index contributed by atoms with van der Waals surface area (Å²) in [4.78, 5) is 32.5. The quantitative estimate of drug-likeness (QED) is 0.551. The van der Waals surface area contributed by atoms with Crippen molar-refractivity contribution in [2.75, 3.05) is 13.1 Å². The van der Waals surface area contributed by atoms with E-state index in [-0.39, 0.29) is 24.3 Å². The van der Waals surface area contributed by atoms with E-state index in [1.54, 1.807) is 4.90 Å². The number of carbonyl (C=O) groups excluding carboxylic acids is 2. The molecule has 2 aromatic carbocycles. The number of nitrogens with one attached hydrogen (secondary N) is 1. The van der Waals surface area contributed by atoms with Gasteiger partial charge in [-0.1, -0.05) is 30.3 Å². The second-order valence-corrected chi connectivity index (χ2v) is 9.66. The molecule has 0 aliphatic carbocycles. The Kier molecular flexibility index (Phi) is 5.72. The van der Waals surface area contributed by atoms with E-state index in [9.17, 15) is 14.7 Å². The van der Waals surface area contributed by atoms with E-state index in [0.717, 1.165) is 54.0 Å². The van der Waals surface area contributed by atoms with E-state index in [4.69, 9.17) is 4.74 Å². The number of aromatic nitrogens is 1. The molecule has 3 aromatic rings. The molecule has 6 rings (SSSR count). The Bertz CT molecular complexity index is 1300. The third kappa shape index (κ3) is 4.40. The summed E-state index contributed by atoms with van der Waals surface area (Å²) in [6.45, 7) is 3.02. The highest BCUT2D eigenvalue weighted by atomic mass is 16.5. The minimum atomic E-state index is -0.862. The van der Waals surface area contributed by atoms with Gasteiger partial charge in [0.25, 0.3) is 0 Å². The monoisotopic (exact) mass is 472 g/mol. The van der Waals surface area contributed by atoms with Gasteiger partial charge in [0.05, 0.1) is 11.7 Å². The molecule has 2 fully saturated rings. The van der Waals surface area contributed by atoms with Crippen molar-refractivity contribution in [3.8, 4) is 5.75 Å². The molecular formula is C27H28N4O4. The lowest BCUT2D eigenvalue weighted by Crippen LogP contribution is -2.51. The standard InChI is InChI=1S/C27H28N4O4/c32-25-8-7-24(26(33)29-25)31-14-19-12-21(5-6-23(19)27(31)34)35-22-9-10-30(16-22)15-20-11-17-3-1-2-4-18(17)13-28-20/h1-6,11-13,22,24,27,34H,7-10,14-16H2,(H,29,32,33)/t22-,24?,27?/m0/s1.